The quantitative estimate of drug-likeness (QED) is 0.872. The summed E-state index contributed by atoms with van der Waals surface area (Å²) in [7, 11) is 0. The summed E-state index contributed by atoms with van der Waals surface area (Å²) in [5, 5.41) is 2.97. The van der Waals surface area contributed by atoms with E-state index in [0.717, 1.165) is 38.0 Å². The van der Waals surface area contributed by atoms with Crippen molar-refractivity contribution in [1.29, 1.82) is 0 Å². The van der Waals surface area contributed by atoms with Gasteiger partial charge in [-0.25, -0.2) is 0 Å². The molecule has 0 aromatic heterocycles. The highest BCUT2D eigenvalue weighted by molar-refractivity contribution is 5.94. The highest BCUT2D eigenvalue weighted by Crippen LogP contribution is 2.22. The third-order valence-corrected chi connectivity index (χ3v) is 4.63. The van der Waals surface area contributed by atoms with E-state index in [1.165, 1.54) is 0 Å². The predicted octanol–water partition coefficient (Wildman–Crippen LogP) is 2.60. The van der Waals surface area contributed by atoms with Crippen LogP contribution < -0.4 is 10.1 Å². The van der Waals surface area contributed by atoms with E-state index in [4.69, 9.17) is 4.74 Å². The molecule has 2 fully saturated rings. The summed E-state index contributed by atoms with van der Waals surface area (Å²) in [6.45, 7) is 5.20. The summed E-state index contributed by atoms with van der Waals surface area (Å²) >= 11 is 0. The molecule has 2 amide bonds. The molecular weight excluding hydrogens is 304 g/mol. The molecule has 1 N–H and O–H groups in total. The van der Waals surface area contributed by atoms with E-state index in [1.54, 1.807) is 12.1 Å². The van der Waals surface area contributed by atoms with Gasteiger partial charge in [0, 0.05) is 24.1 Å². The Morgan fingerprint density at radius 3 is 2.54 bits per heavy atom. The van der Waals surface area contributed by atoms with Crippen molar-refractivity contribution in [3.8, 4) is 5.75 Å². The number of carbonyl (C=O) groups excluding carboxylic acids is 2. The van der Waals surface area contributed by atoms with Crippen molar-refractivity contribution in [3.63, 3.8) is 0 Å². The first-order chi connectivity index (χ1) is 11.5. The van der Waals surface area contributed by atoms with Crippen LogP contribution in [0.2, 0.25) is 0 Å². The summed E-state index contributed by atoms with van der Waals surface area (Å²) in [6.07, 6.45) is 4.19. The van der Waals surface area contributed by atoms with Crippen molar-refractivity contribution in [2.24, 2.45) is 5.92 Å². The van der Waals surface area contributed by atoms with Crippen LogP contribution in [0.25, 0.3) is 0 Å². The highest BCUT2D eigenvalue weighted by atomic mass is 16.5. The van der Waals surface area contributed by atoms with Gasteiger partial charge < -0.3 is 15.0 Å². The van der Waals surface area contributed by atoms with E-state index < -0.39 is 0 Å². The van der Waals surface area contributed by atoms with Crippen LogP contribution >= 0.6 is 0 Å². The Labute approximate surface area is 143 Å². The van der Waals surface area contributed by atoms with Crippen LogP contribution in [0.4, 0.5) is 0 Å². The maximum Gasteiger partial charge on any atom is 0.251 e. The Morgan fingerprint density at radius 2 is 1.92 bits per heavy atom. The molecule has 0 radical (unpaired) electrons. The minimum atomic E-state index is -0.0199. The average molecular weight is 330 g/mol. The van der Waals surface area contributed by atoms with Gasteiger partial charge in [-0.2, -0.15) is 0 Å². The molecule has 1 saturated heterocycles. The smallest absolute Gasteiger partial charge is 0.251 e. The highest BCUT2D eigenvalue weighted by Gasteiger charge is 2.30. The third-order valence-electron chi connectivity index (χ3n) is 4.63. The Morgan fingerprint density at radius 1 is 1.21 bits per heavy atom. The Bertz CT molecular complexity index is 593. The van der Waals surface area contributed by atoms with Crippen LogP contribution in [-0.2, 0) is 4.79 Å². The topological polar surface area (TPSA) is 58.6 Å². The number of carbonyl (C=O) groups is 2. The molecule has 1 saturated carbocycles. The van der Waals surface area contributed by atoms with Crippen molar-refractivity contribution >= 4 is 11.8 Å². The molecule has 5 nitrogen and oxygen atoms in total. The summed E-state index contributed by atoms with van der Waals surface area (Å²) in [5.41, 5.74) is 0.659. The molecule has 0 unspecified atom stereocenters. The van der Waals surface area contributed by atoms with Gasteiger partial charge in [0.1, 0.15) is 12.4 Å². The van der Waals surface area contributed by atoms with Gasteiger partial charge in [0.25, 0.3) is 5.91 Å². The lowest BCUT2D eigenvalue weighted by molar-refractivity contribution is -0.135. The van der Waals surface area contributed by atoms with Crippen LogP contribution in [-0.4, -0.2) is 41.9 Å². The summed E-state index contributed by atoms with van der Waals surface area (Å²) in [4.78, 5) is 26.1. The fourth-order valence-corrected chi connectivity index (χ4v) is 3.02. The van der Waals surface area contributed by atoms with Crippen molar-refractivity contribution in [2.45, 2.75) is 51.6 Å². The van der Waals surface area contributed by atoms with E-state index in [2.05, 4.69) is 5.32 Å². The first-order valence-electron chi connectivity index (χ1n) is 8.89. The molecule has 3 rings (SSSR count). The lowest BCUT2D eigenvalue weighted by Crippen LogP contribution is -2.41. The number of hydrogen-bond acceptors (Lipinski definition) is 3. The summed E-state index contributed by atoms with van der Waals surface area (Å²) in [5.74, 6) is 0.943. The third kappa shape index (κ3) is 4.08. The molecular formula is C19H26N2O3. The van der Waals surface area contributed by atoms with Gasteiger partial charge >= 0.3 is 0 Å². The van der Waals surface area contributed by atoms with Crippen LogP contribution in [0.1, 0.15) is 49.9 Å². The number of hydrogen-bond donors (Lipinski definition) is 1. The Balaban J connectivity index is 1.52. The van der Waals surface area contributed by atoms with Gasteiger partial charge in [0.15, 0.2) is 0 Å². The first kappa shape index (κ1) is 16.8. The summed E-state index contributed by atoms with van der Waals surface area (Å²) in [6, 6.07) is 7.74. The normalized spacial score (nSPS) is 20.3. The van der Waals surface area contributed by atoms with E-state index in [0.29, 0.717) is 18.2 Å². The van der Waals surface area contributed by atoms with E-state index in [1.807, 2.05) is 30.9 Å². The van der Waals surface area contributed by atoms with Crippen molar-refractivity contribution in [2.75, 3.05) is 13.2 Å². The number of amides is 2. The zero-order valence-corrected chi connectivity index (χ0v) is 14.5. The number of benzene rings is 1. The van der Waals surface area contributed by atoms with Crippen molar-refractivity contribution in [1.82, 2.24) is 10.2 Å². The molecule has 1 aromatic rings. The van der Waals surface area contributed by atoms with Gasteiger partial charge in [-0.3, -0.25) is 9.59 Å². The van der Waals surface area contributed by atoms with Gasteiger partial charge in [-0.05, 0) is 49.9 Å². The molecule has 0 spiro atoms. The monoisotopic (exact) mass is 330 g/mol. The van der Waals surface area contributed by atoms with Gasteiger partial charge in [-0.1, -0.05) is 13.8 Å². The minimum Gasteiger partial charge on any atom is -0.491 e. The minimum absolute atomic E-state index is 0.0199. The average Bonchev–Trinajstić information content (AvgIpc) is 3.26. The zero-order chi connectivity index (χ0) is 17.1. The maximum atomic E-state index is 12.2. The largest absolute Gasteiger partial charge is 0.491 e. The second-order valence-electron chi connectivity index (χ2n) is 7.07. The predicted molar refractivity (Wildman–Crippen MR) is 92.0 cm³/mol. The zero-order valence-electron chi connectivity index (χ0n) is 14.5. The molecule has 1 aromatic carbocycles. The number of nitrogens with one attached hydrogen (secondary N) is 1. The Hall–Kier alpha value is -2.04. The molecule has 1 heterocycles. The SMILES string of the molecule is CC(C)C(=O)N1CCC[C@H]1COc1ccc(C(=O)NC2CC2)cc1. The number of likely N-dealkylation sites (tertiary alicyclic amines) is 1. The van der Waals surface area contributed by atoms with E-state index in [9.17, 15) is 9.59 Å². The second-order valence-corrected chi connectivity index (χ2v) is 7.07. The molecule has 24 heavy (non-hydrogen) atoms. The van der Waals surface area contributed by atoms with E-state index >= 15 is 0 Å². The van der Waals surface area contributed by atoms with Gasteiger partial charge in [0.2, 0.25) is 5.91 Å². The molecule has 1 aliphatic carbocycles. The standard InChI is InChI=1S/C19H26N2O3/c1-13(2)19(23)21-11-3-4-16(21)12-24-17-9-5-14(6-10-17)18(22)20-15-7-8-15/h5-6,9-10,13,15-16H,3-4,7-8,11-12H2,1-2H3,(H,20,22)/t16-/m0/s1. The number of rotatable bonds is 6. The first-order valence-corrected chi connectivity index (χ1v) is 8.89. The Kier molecular flexibility index (Phi) is 5.07. The molecule has 1 atom stereocenters. The van der Waals surface area contributed by atoms with Crippen LogP contribution in [0.5, 0.6) is 5.75 Å². The lowest BCUT2D eigenvalue weighted by Gasteiger charge is -2.26. The molecule has 5 heteroatoms. The lowest BCUT2D eigenvalue weighted by atomic mass is 10.1. The van der Waals surface area contributed by atoms with Crippen LogP contribution in [0.15, 0.2) is 24.3 Å². The summed E-state index contributed by atoms with van der Waals surface area (Å²) < 4.78 is 5.85. The number of ether oxygens (including phenoxy) is 1. The fourth-order valence-electron chi connectivity index (χ4n) is 3.02. The molecule has 2 aliphatic rings. The number of nitrogens with zero attached hydrogens (tertiary/aromatic N) is 1. The van der Waals surface area contributed by atoms with Gasteiger partial charge in [-0.15, -0.1) is 0 Å². The van der Waals surface area contributed by atoms with Gasteiger partial charge in [0.05, 0.1) is 6.04 Å². The molecule has 0 bridgehead atoms. The maximum absolute atomic E-state index is 12.2. The van der Waals surface area contributed by atoms with Crippen molar-refractivity contribution in [3.05, 3.63) is 29.8 Å². The second kappa shape index (κ2) is 7.24. The van der Waals surface area contributed by atoms with Crippen molar-refractivity contribution < 1.29 is 14.3 Å². The van der Waals surface area contributed by atoms with E-state index in [-0.39, 0.29) is 23.8 Å². The fraction of sp³-hybridized carbons (Fsp3) is 0.579. The van der Waals surface area contributed by atoms with Crippen LogP contribution in [0, 0.1) is 5.92 Å². The molecule has 1 aliphatic heterocycles. The molecule has 130 valence electrons. The van der Waals surface area contributed by atoms with Crippen LogP contribution in [0.3, 0.4) is 0 Å².